The Labute approximate surface area is 138 Å². The number of nitrogens with zero attached hydrogens (tertiary/aromatic N) is 2. The molecule has 1 unspecified atom stereocenters. The van der Waals surface area contributed by atoms with Crippen LogP contribution in [0.5, 0.6) is 0 Å². The molecule has 2 aliphatic heterocycles. The van der Waals surface area contributed by atoms with Crippen molar-refractivity contribution in [1.29, 1.82) is 0 Å². The van der Waals surface area contributed by atoms with E-state index in [1.807, 2.05) is 0 Å². The predicted octanol–water partition coefficient (Wildman–Crippen LogP) is 1.27. The van der Waals surface area contributed by atoms with Crippen molar-refractivity contribution in [1.82, 2.24) is 5.32 Å². The lowest BCUT2D eigenvalue weighted by atomic mass is 10.00. The Balaban J connectivity index is 1.71. The Morgan fingerprint density at radius 3 is 2.67 bits per heavy atom. The van der Waals surface area contributed by atoms with Gasteiger partial charge in [-0.25, -0.2) is 9.18 Å². The molecule has 0 radical (unpaired) electrons. The monoisotopic (exact) mass is 335 g/mol. The molecule has 2 atom stereocenters. The van der Waals surface area contributed by atoms with Gasteiger partial charge in [0.2, 0.25) is 11.8 Å². The molecule has 3 amide bonds. The summed E-state index contributed by atoms with van der Waals surface area (Å²) in [6.45, 7) is 4.08. The molecule has 0 saturated carbocycles. The van der Waals surface area contributed by atoms with Gasteiger partial charge in [-0.1, -0.05) is 6.92 Å². The molecule has 1 aromatic carbocycles. The van der Waals surface area contributed by atoms with Gasteiger partial charge >= 0.3 is 6.09 Å². The van der Waals surface area contributed by atoms with Crippen molar-refractivity contribution in [2.75, 3.05) is 29.4 Å². The van der Waals surface area contributed by atoms with Crippen LogP contribution in [0.15, 0.2) is 18.2 Å². The predicted molar refractivity (Wildman–Crippen MR) is 84.2 cm³/mol. The minimum Gasteiger partial charge on any atom is -0.442 e. The molecule has 2 aliphatic rings. The van der Waals surface area contributed by atoms with E-state index in [9.17, 15) is 18.8 Å². The Kier molecular flexibility index (Phi) is 4.13. The van der Waals surface area contributed by atoms with Crippen LogP contribution in [0.1, 0.15) is 13.8 Å². The molecule has 1 aromatic rings. The van der Waals surface area contributed by atoms with Gasteiger partial charge in [-0.15, -0.1) is 0 Å². The third-order valence-corrected chi connectivity index (χ3v) is 4.13. The average molecular weight is 335 g/mol. The standard InChI is InChI=1S/C16H18FN3O4/c1-9-7-20(15(9)22)14-4-3-11(5-13(14)17)19-8-12(24-16(19)23)6-18-10(2)21/h3-5,9,12H,6-8H2,1-2H3,(H,18,21)/t9?,12-/m0/s1. The number of halogens is 1. The highest BCUT2D eigenvalue weighted by Crippen LogP contribution is 2.32. The SMILES string of the molecule is CC(=O)NC[C@H]1CN(c2ccc(N3CC(C)C3=O)c(F)c2)C(=O)O1. The fourth-order valence-electron chi connectivity index (χ4n) is 2.79. The zero-order valence-electron chi connectivity index (χ0n) is 13.4. The minimum atomic E-state index is -0.592. The maximum absolute atomic E-state index is 14.3. The number of hydrogen-bond donors (Lipinski definition) is 1. The molecule has 0 bridgehead atoms. The Morgan fingerprint density at radius 2 is 2.08 bits per heavy atom. The van der Waals surface area contributed by atoms with Gasteiger partial charge in [0, 0.05) is 13.5 Å². The van der Waals surface area contributed by atoms with E-state index in [4.69, 9.17) is 4.74 Å². The van der Waals surface area contributed by atoms with Crippen LogP contribution in [0, 0.1) is 11.7 Å². The molecule has 7 nitrogen and oxygen atoms in total. The largest absolute Gasteiger partial charge is 0.442 e. The number of anilines is 2. The number of β-lactam (4-membered cyclic amide) rings is 1. The lowest BCUT2D eigenvalue weighted by Gasteiger charge is -2.36. The summed E-state index contributed by atoms with van der Waals surface area (Å²) < 4.78 is 19.5. The quantitative estimate of drug-likeness (QED) is 0.841. The smallest absolute Gasteiger partial charge is 0.414 e. The number of ether oxygens (including phenoxy) is 1. The number of amides is 3. The molecule has 0 aromatic heterocycles. The van der Waals surface area contributed by atoms with Crippen molar-refractivity contribution in [2.45, 2.75) is 20.0 Å². The molecule has 2 saturated heterocycles. The Hall–Kier alpha value is -2.64. The van der Waals surface area contributed by atoms with Crippen LogP contribution in [-0.2, 0) is 14.3 Å². The highest BCUT2D eigenvalue weighted by molar-refractivity contribution is 6.01. The maximum Gasteiger partial charge on any atom is 0.414 e. The second-order valence-corrected chi connectivity index (χ2v) is 6.04. The van der Waals surface area contributed by atoms with Gasteiger partial charge in [0.05, 0.1) is 30.4 Å². The lowest BCUT2D eigenvalue weighted by Crippen LogP contribution is -2.51. The minimum absolute atomic E-state index is 0.0906. The van der Waals surface area contributed by atoms with E-state index >= 15 is 0 Å². The lowest BCUT2D eigenvalue weighted by molar-refractivity contribution is -0.126. The number of carbonyl (C=O) groups is 3. The summed E-state index contributed by atoms with van der Waals surface area (Å²) in [6, 6.07) is 4.28. The van der Waals surface area contributed by atoms with Crippen molar-refractivity contribution >= 4 is 29.3 Å². The summed E-state index contributed by atoms with van der Waals surface area (Å²) in [5.41, 5.74) is 0.566. The van der Waals surface area contributed by atoms with Gasteiger partial charge in [-0.3, -0.25) is 14.5 Å². The summed E-state index contributed by atoms with van der Waals surface area (Å²) in [5.74, 6) is -0.982. The highest BCUT2D eigenvalue weighted by Gasteiger charge is 2.36. The maximum atomic E-state index is 14.3. The molecular weight excluding hydrogens is 317 g/mol. The molecule has 1 N–H and O–H groups in total. The van der Waals surface area contributed by atoms with Crippen molar-refractivity contribution in [3.05, 3.63) is 24.0 Å². The second kappa shape index (κ2) is 6.10. The number of cyclic esters (lactones) is 1. The van der Waals surface area contributed by atoms with E-state index in [2.05, 4.69) is 5.32 Å². The third kappa shape index (κ3) is 2.91. The van der Waals surface area contributed by atoms with Gasteiger partial charge < -0.3 is 15.0 Å². The summed E-state index contributed by atoms with van der Waals surface area (Å²) in [4.78, 5) is 37.2. The second-order valence-electron chi connectivity index (χ2n) is 6.04. The van der Waals surface area contributed by atoms with Crippen LogP contribution in [-0.4, -0.2) is 43.6 Å². The summed E-state index contributed by atoms with van der Waals surface area (Å²) >= 11 is 0. The topological polar surface area (TPSA) is 79.0 Å². The van der Waals surface area contributed by atoms with Crippen molar-refractivity contribution in [2.24, 2.45) is 5.92 Å². The first-order valence-corrected chi connectivity index (χ1v) is 7.70. The number of rotatable bonds is 4. The van der Waals surface area contributed by atoms with E-state index in [1.165, 1.54) is 28.9 Å². The van der Waals surface area contributed by atoms with E-state index in [-0.39, 0.29) is 36.5 Å². The molecular formula is C16H18FN3O4. The van der Waals surface area contributed by atoms with Crippen LogP contribution in [0.25, 0.3) is 0 Å². The Bertz CT molecular complexity index is 709. The van der Waals surface area contributed by atoms with Crippen LogP contribution < -0.4 is 15.1 Å². The first kappa shape index (κ1) is 16.2. The van der Waals surface area contributed by atoms with E-state index in [0.29, 0.717) is 12.2 Å². The molecule has 0 spiro atoms. The number of nitrogens with one attached hydrogen (secondary N) is 1. The average Bonchev–Trinajstić information content (AvgIpc) is 2.91. The Morgan fingerprint density at radius 1 is 1.33 bits per heavy atom. The zero-order valence-corrected chi connectivity index (χ0v) is 13.4. The fraction of sp³-hybridized carbons (Fsp3) is 0.438. The van der Waals surface area contributed by atoms with Crippen molar-refractivity contribution < 1.29 is 23.5 Å². The summed E-state index contributed by atoms with van der Waals surface area (Å²) in [6.07, 6.45) is -1.08. The molecule has 0 aliphatic carbocycles. The van der Waals surface area contributed by atoms with E-state index in [1.54, 1.807) is 13.0 Å². The van der Waals surface area contributed by atoms with Crippen LogP contribution in [0.2, 0.25) is 0 Å². The van der Waals surface area contributed by atoms with Gasteiger partial charge in [0.1, 0.15) is 11.9 Å². The van der Waals surface area contributed by atoms with Gasteiger partial charge in [0.25, 0.3) is 0 Å². The number of carbonyl (C=O) groups excluding carboxylic acids is 3. The first-order chi connectivity index (χ1) is 11.4. The molecule has 128 valence electrons. The number of benzene rings is 1. The zero-order chi connectivity index (χ0) is 17.4. The van der Waals surface area contributed by atoms with Crippen LogP contribution in [0.3, 0.4) is 0 Å². The van der Waals surface area contributed by atoms with Crippen LogP contribution in [0.4, 0.5) is 20.6 Å². The first-order valence-electron chi connectivity index (χ1n) is 7.70. The fourth-order valence-corrected chi connectivity index (χ4v) is 2.79. The molecule has 8 heteroatoms. The van der Waals surface area contributed by atoms with Gasteiger partial charge in [0.15, 0.2) is 0 Å². The summed E-state index contributed by atoms with van der Waals surface area (Å²) in [7, 11) is 0. The van der Waals surface area contributed by atoms with E-state index in [0.717, 1.165) is 0 Å². The van der Waals surface area contributed by atoms with Crippen molar-refractivity contribution in [3.63, 3.8) is 0 Å². The van der Waals surface area contributed by atoms with Crippen molar-refractivity contribution in [3.8, 4) is 0 Å². The van der Waals surface area contributed by atoms with E-state index < -0.39 is 18.0 Å². The normalized spacial score (nSPS) is 23.1. The number of hydrogen-bond acceptors (Lipinski definition) is 4. The molecule has 2 heterocycles. The van der Waals surface area contributed by atoms with Gasteiger partial charge in [-0.05, 0) is 18.2 Å². The molecule has 2 fully saturated rings. The highest BCUT2D eigenvalue weighted by atomic mass is 19.1. The van der Waals surface area contributed by atoms with Crippen LogP contribution >= 0.6 is 0 Å². The van der Waals surface area contributed by atoms with Gasteiger partial charge in [-0.2, -0.15) is 0 Å². The third-order valence-electron chi connectivity index (χ3n) is 4.13. The summed E-state index contributed by atoms with van der Waals surface area (Å²) in [5, 5.41) is 2.58. The molecule has 3 rings (SSSR count). The molecule has 24 heavy (non-hydrogen) atoms.